The summed E-state index contributed by atoms with van der Waals surface area (Å²) in [6, 6.07) is 7.43. The first-order valence-corrected chi connectivity index (χ1v) is 7.73. The van der Waals surface area contributed by atoms with Crippen LogP contribution in [-0.4, -0.2) is 61.5 Å². The van der Waals surface area contributed by atoms with E-state index in [-0.39, 0.29) is 5.82 Å². The number of aliphatic hydroxyl groups excluding tert-OH is 1. The van der Waals surface area contributed by atoms with Gasteiger partial charge >= 0.3 is 0 Å². The lowest BCUT2D eigenvalue weighted by atomic mass is 10.0. The maximum Gasteiger partial charge on any atom is 0.146 e. The standard InChI is InChI=1S/C16H23FN2O2/c17-15-3-1-2-4-16(15)18-7-5-13(6-8-18)19-9-10-21-12-14(20)11-19/h1-4,13-14,20H,5-12H2/t14-/m1/s1. The summed E-state index contributed by atoms with van der Waals surface area (Å²) >= 11 is 0. The third-order valence-electron chi connectivity index (χ3n) is 4.45. The minimum Gasteiger partial charge on any atom is -0.389 e. The second-order valence-corrected chi connectivity index (χ2v) is 5.89. The fraction of sp³-hybridized carbons (Fsp3) is 0.625. The van der Waals surface area contributed by atoms with Gasteiger partial charge in [-0.3, -0.25) is 4.90 Å². The number of anilines is 1. The molecule has 2 aliphatic rings. The maximum atomic E-state index is 13.8. The van der Waals surface area contributed by atoms with Crippen molar-refractivity contribution in [3.63, 3.8) is 0 Å². The maximum absolute atomic E-state index is 13.8. The van der Waals surface area contributed by atoms with Crippen molar-refractivity contribution in [2.24, 2.45) is 0 Å². The van der Waals surface area contributed by atoms with Crippen LogP contribution in [0, 0.1) is 5.82 Å². The monoisotopic (exact) mass is 294 g/mol. The lowest BCUT2D eigenvalue weighted by Crippen LogP contribution is -2.47. The van der Waals surface area contributed by atoms with Crippen molar-refractivity contribution in [3.05, 3.63) is 30.1 Å². The van der Waals surface area contributed by atoms with Gasteiger partial charge in [0, 0.05) is 32.2 Å². The molecule has 21 heavy (non-hydrogen) atoms. The SMILES string of the molecule is O[C@H]1COCCN(C2CCN(c3ccccc3F)CC2)C1. The molecular weight excluding hydrogens is 271 g/mol. The van der Waals surface area contributed by atoms with Crippen LogP contribution in [-0.2, 0) is 4.74 Å². The van der Waals surface area contributed by atoms with E-state index in [1.165, 1.54) is 6.07 Å². The van der Waals surface area contributed by atoms with E-state index in [0.29, 0.717) is 31.5 Å². The zero-order chi connectivity index (χ0) is 14.7. The van der Waals surface area contributed by atoms with Gasteiger partial charge < -0.3 is 14.7 Å². The molecule has 0 radical (unpaired) electrons. The summed E-state index contributed by atoms with van der Waals surface area (Å²) in [5, 5.41) is 9.83. The summed E-state index contributed by atoms with van der Waals surface area (Å²) < 4.78 is 19.2. The van der Waals surface area contributed by atoms with Gasteiger partial charge in [0.05, 0.1) is 25.0 Å². The van der Waals surface area contributed by atoms with Gasteiger partial charge in [0.25, 0.3) is 0 Å². The first kappa shape index (κ1) is 14.8. The Kier molecular flexibility index (Phi) is 4.73. The number of ether oxygens (including phenoxy) is 1. The van der Waals surface area contributed by atoms with Gasteiger partial charge in [-0.25, -0.2) is 4.39 Å². The second kappa shape index (κ2) is 6.73. The van der Waals surface area contributed by atoms with Crippen LogP contribution in [0.3, 0.4) is 0 Å². The van der Waals surface area contributed by atoms with E-state index in [4.69, 9.17) is 4.74 Å². The van der Waals surface area contributed by atoms with Gasteiger partial charge in [0.1, 0.15) is 5.82 Å². The minimum absolute atomic E-state index is 0.144. The number of nitrogens with zero attached hydrogens (tertiary/aromatic N) is 2. The summed E-state index contributed by atoms with van der Waals surface area (Å²) in [5.74, 6) is -0.144. The van der Waals surface area contributed by atoms with Crippen molar-refractivity contribution in [1.29, 1.82) is 0 Å². The molecule has 0 bridgehead atoms. The van der Waals surface area contributed by atoms with Crippen LogP contribution in [0.1, 0.15) is 12.8 Å². The van der Waals surface area contributed by atoms with Crippen molar-refractivity contribution in [1.82, 2.24) is 4.90 Å². The van der Waals surface area contributed by atoms with E-state index in [2.05, 4.69) is 9.80 Å². The molecule has 2 heterocycles. The Morgan fingerprint density at radius 2 is 1.90 bits per heavy atom. The summed E-state index contributed by atoms with van der Waals surface area (Å²) in [6.45, 7) is 4.40. The molecule has 0 amide bonds. The van der Waals surface area contributed by atoms with Crippen LogP contribution in [0.25, 0.3) is 0 Å². The molecule has 1 atom stereocenters. The Hall–Kier alpha value is -1.17. The van der Waals surface area contributed by atoms with Gasteiger partial charge in [-0.1, -0.05) is 12.1 Å². The van der Waals surface area contributed by atoms with Crippen LogP contribution in [0.5, 0.6) is 0 Å². The third kappa shape index (κ3) is 3.54. The first-order chi connectivity index (χ1) is 10.2. The van der Waals surface area contributed by atoms with Crippen LogP contribution in [0.2, 0.25) is 0 Å². The molecular formula is C16H23FN2O2. The highest BCUT2D eigenvalue weighted by Crippen LogP contribution is 2.25. The topological polar surface area (TPSA) is 35.9 Å². The summed E-state index contributed by atoms with van der Waals surface area (Å²) in [6.07, 6.45) is 1.61. The number of hydrogen-bond acceptors (Lipinski definition) is 4. The molecule has 0 unspecified atom stereocenters. The predicted octanol–water partition coefficient (Wildman–Crippen LogP) is 1.49. The number of para-hydroxylation sites is 1. The van der Waals surface area contributed by atoms with Crippen molar-refractivity contribution in [2.75, 3.05) is 44.3 Å². The molecule has 2 fully saturated rings. The lowest BCUT2D eigenvalue weighted by molar-refractivity contribution is 0.0534. The molecule has 1 N–H and O–H groups in total. The first-order valence-electron chi connectivity index (χ1n) is 7.73. The van der Waals surface area contributed by atoms with Crippen LogP contribution in [0.4, 0.5) is 10.1 Å². The summed E-state index contributed by atoms with van der Waals surface area (Å²) in [7, 11) is 0. The Morgan fingerprint density at radius 3 is 2.67 bits per heavy atom. The predicted molar refractivity (Wildman–Crippen MR) is 80.0 cm³/mol. The van der Waals surface area contributed by atoms with Crippen LogP contribution >= 0.6 is 0 Å². The summed E-state index contributed by atoms with van der Waals surface area (Å²) in [4.78, 5) is 4.45. The smallest absolute Gasteiger partial charge is 0.146 e. The quantitative estimate of drug-likeness (QED) is 0.896. The van der Waals surface area contributed by atoms with Gasteiger partial charge in [0.2, 0.25) is 0 Å². The van der Waals surface area contributed by atoms with E-state index in [0.717, 1.165) is 32.5 Å². The molecule has 5 heteroatoms. The molecule has 1 aromatic rings. The number of piperidine rings is 1. The molecule has 1 aromatic carbocycles. The normalized spacial score (nSPS) is 25.8. The average molecular weight is 294 g/mol. The van der Waals surface area contributed by atoms with Crippen molar-refractivity contribution in [3.8, 4) is 0 Å². The largest absolute Gasteiger partial charge is 0.389 e. The number of rotatable bonds is 2. The Bertz CT molecular complexity index is 463. The van der Waals surface area contributed by atoms with Gasteiger partial charge in [-0.2, -0.15) is 0 Å². The molecule has 0 aliphatic carbocycles. The van der Waals surface area contributed by atoms with Crippen molar-refractivity contribution < 1.29 is 14.2 Å². The summed E-state index contributed by atoms with van der Waals surface area (Å²) in [5.41, 5.74) is 0.704. The van der Waals surface area contributed by atoms with Crippen LogP contribution < -0.4 is 4.90 Å². The molecule has 116 valence electrons. The van der Waals surface area contributed by atoms with Crippen molar-refractivity contribution >= 4 is 5.69 Å². The molecule has 0 saturated carbocycles. The fourth-order valence-electron chi connectivity index (χ4n) is 3.33. The number of halogens is 1. The molecule has 0 spiro atoms. The number of β-amino-alcohol motifs (C(OH)–C–C–N with tert-alkyl or cyclic N) is 1. The van der Waals surface area contributed by atoms with E-state index in [1.54, 1.807) is 6.07 Å². The Morgan fingerprint density at radius 1 is 1.14 bits per heavy atom. The third-order valence-corrected chi connectivity index (χ3v) is 4.45. The second-order valence-electron chi connectivity index (χ2n) is 5.89. The molecule has 3 rings (SSSR count). The highest BCUT2D eigenvalue weighted by atomic mass is 19.1. The van der Waals surface area contributed by atoms with Gasteiger partial charge in [0.15, 0.2) is 0 Å². The highest BCUT2D eigenvalue weighted by Gasteiger charge is 2.28. The molecule has 0 aromatic heterocycles. The van der Waals surface area contributed by atoms with E-state index in [9.17, 15) is 9.50 Å². The van der Waals surface area contributed by atoms with Gasteiger partial charge in [-0.15, -0.1) is 0 Å². The number of benzene rings is 1. The fourth-order valence-corrected chi connectivity index (χ4v) is 3.33. The Balaban J connectivity index is 1.58. The van der Waals surface area contributed by atoms with Crippen molar-refractivity contribution in [2.45, 2.75) is 25.0 Å². The lowest BCUT2D eigenvalue weighted by Gasteiger charge is -2.39. The number of aliphatic hydroxyl groups is 1. The minimum atomic E-state index is -0.392. The molecule has 2 aliphatic heterocycles. The highest BCUT2D eigenvalue weighted by molar-refractivity contribution is 5.47. The molecule has 4 nitrogen and oxygen atoms in total. The average Bonchev–Trinajstić information content (AvgIpc) is 2.73. The van der Waals surface area contributed by atoms with E-state index < -0.39 is 6.10 Å². The zero-order valence-electron chi connectivity index (χ0n) is 12.2. The Labute approximate surface area is 125 Å². The van der Waals surface area contributed by atoms with E-state index >= 15 is 0 Å². The molecule has 2 saturated heterocycles. The van der Waals surface area contributed by atoms with Gasteiger partial charge in [-0.05, 0) is 25.0 Å². The number of hydrogen-bond donors (Lipinski definition) is 1. The van der Waals surface area contributed by atoms with E-state index in [1.807, 2.05) is 12.1 Å². The van der Waals surface area contributed by atoms with Crippen LogP contribution in [0.15, 0.2) is 24.3 Å². The zero-order valence-corrected chi connectivity index (χ0v) is 12.2.